The summed E-state index contributed by atoms with van der Waals surface area (Å²) in [6, 6.07) is 28.9. The lowest BCUT2D eigenvalue weighted by atomic mass is 10.0. The summed E-state index contributed by atoms with van der Waals surface area (Å²) in [7, 11) is -1.39. The average molecular weight is 658 g/mol. The van der Waals surface area contributed by atoms with Crippen LogP contribution in [0.2, 0.25) is 0 Å². The third-order valence-electron chi connectivity index (χ3n) is 7.84. The van der Waals surface area contributed by atoms with Gasteiger partial charge in [-0.3, -0.25) is 13.9 Å². The molecule has 0 aliphatic rings. The molecule has 0 unspecified atom stereocenters. The molecule has 0 aromatic heterocycles. The van der Waals surface area contributed by atoms with Crippen molar-refractivity contribution in [3.05, 3.63) is 120 Å². The standard InChI is InChI=1S/C37H43N3O6S/c1-5-6-23-38-37(42)34(24-29-13-9-7-10-14-29)39(26-30-19-17-28(2)18-20-30)36(41)27-40(47(43,44)32-15-11-8-12-16-32)33-25-31(45-3)21-22-35(33)46-4/h7-22,25,34H,5-6,23-24,26-27H2,1-4H3,(H,38,42)/t34-/m0/s1. The number of anilines is 1. The van der Waals surface area contributed by atoms with E-state index >= 15 is 0 Å². The van der Waals surface area contributed by atoms with E-state index in [2.05, 4.69) is 5.32 Å². The maximum Gasteiger partial charge on any atom is 0.264 e. The van der Waals surface area contributed by atoms with Crippen molar-refractivity contribution >= 4 is 27.5 Å². The molecule has 0 radical (unpaired) electrons. The van der Waals surface area contributed by atoms with Gasteiger partial charge in [0, 0.05) is 25.6 Å². The SMILES string of the molecule is CCCCNC(=O)[C@H](Cc1ccccc1)N(Cc1ccc(C)cc1)C(=O)CN(c1cc(OC)ccc1OC)S(=O)(=O)c1ccccc1. The van der Waals surface area contributed by atoms with Crippen molar-refractivity contribution < 1.29 is 27.5 Å². The van der Waals surface area contributed by atoms with Crippen molar-refractivity contribution in [2.75, 3.05) is 31.6 Å². The van der Waals surface area contributed by atoms with E-state index in [0.717, 1.165) is 33.8 Å². The number of sulfonamides is 1. The van der Waals surface area contributed by atoms with Gasteiger partial charge < -0.3 is 19.7 Å². The highest BCUT2D eigenvalue weighted by molar-refractivity contribution is 7.92. The molecule has 1 atom stereocenters. The summed E-state index contributed by atoms with van der Waals surface area (Å²) in [6.07, 6.45) is 1.92. The molecular weight excluding hydrogens is 614 g/mol. The van der Waals surface area contributed by atoms with Crippen LogP contribution in [0.25, 0.3) is 0 Å². The van der Waals surface area contributed by atoms with E-state index in [0.29, 0.717) is 12.3 Å². The number of aryl methyl sites for hydroxylation is 1. The zero-order chi connectivity index (χ0) is 33.8. The highest BCUT2D eigenvalue weighted by Gasteiger charge is 2.35. The van der Waals surface area contributed by atoms with Crippen LogP contribution in [0.4, 0.5) is 5.69 Å². The molecule has 1 N–H and O–H groups in total. The van der Waals surface area contributed by atoms with Crippen LogP contribution in [0.1, 0.15) is 36.5 Å². The Bertz CT molecular complexity index is 1710. The molecule has 4 aromatic rings. The van der Waals surface area contributed by atoms with Crippen LogP contribution in [-0.4, -0.2) is 58.5 Å². The van der Waals surface area contributed by atoms with Crippen LogP contribution in [0.5, 0.6) is 11.5 Å². The second kappa shape index (κ2) is 16.6. The normalized spacial score (nSPS) is 11.7. The van der Waals surface area contributed by atoms with Gasteiger partial charge in [-0.2, -0.15) is 0 Å². The monoisotopic (exact) mass is 657 g/mol. The third-order valence-corrected chi connectivity index (χ3v) is 9.61. The number of carbonyl (C=O) groups excluding carboxylic acids is 2. The van der Waals surface area contributed by atoms with Crippen LogP contribution in [0.15, 0.2) is 108 Å². The molecule has 248 valence electrons. The number of hydrogen-bond donors (Lipinski definition) is 1. The molecule has 0 spiro atoms. The molecule has 9 nitrogen and oxygen atoms in total. The maximum atomic E-state index is 14.7. The van der Waals surface area contributed by atoms with Gasteiger partial charge in [-0.1, -0.05) is 91.7 Å². The minimum absolute atomic E-state index is 0.000835. The molecule has 0 bridgehead atoms. The van der Waals surface area contributed by atoms with Gasteiger partial charge in [0.2, 0.25) is 11.8 Å². The fourth-order valence-corrected chi connectivity index (χ4v) is 6.61. The highest BCUT2D eigenvalue weighted by atomic mass is 32.2. The van der Waals surface area contributed by atoms with Crippen molar-refractivity contribution in [3.63, 3.8) is 0 Å². The van der Waals surface area contributed by atoms with Gasteiger partial charge in [0.05, 0.1) is 24.8 Å². The number of methoxy groups -OCH3 is 2. The summed E-state index contributed by atoms with van der Waals surface area (Å²) >= 11 is 0. The Kier molecular flexibility index (Phi) is 12.4. The number of amides is 2. The molecular formula is C37H43N3O6S. The average Bonchev–Trinajstić information content (AvgIpc) is 3.10. The number of rotatable bonds is 16. The number of nitrogens with zero attached hydrogens (tertiary/aromatic N) is 2. The van der Waals surface area contributed by atoms with E-state index in [9.17, 15) is 18.0 Å². The van der Waals surface area contributed by atoms with E-state index < -0.39 is 28.5 Å². The molecule has 0 saturated carbocycles. The van der Waals surface area contributed by atoms with Gasteiger partial charge in [-0.25, -0.2) is 8.42 Å². The van der Waals surface area contributed by atoms with E-state index in [1.54, 1.807) is 30.3 Å². The molecule has 0 aliphatic carbocycles. The van der Waals surface area contributed by atoms with Gasteiger partial charge in [0.1, 0.15) is 24.1 Å². The van der Waals surface area contributed by atoms with Crippen molar-refractivity contribution in [3.8, 4) is 11.5 Å². The minimum Gasteiger partial charge on any atom is -0.497 e. The predicted molar refractivity (Wildman–Crippen MR) is 184 cm³/mol. The Labute approximate surface area is 278 Å². The number of benzene rings is 4. The highest BCUT2D eigenvalue weighted by Crippen LogP contribution is 2.36. The Balaban J connectivity index is 1.84. The van der Waals surface area contributed by atoms with Gasteiger partial charge in [0.25, 0.3) is 10.0 Å². The molecule has 4 aromatic carbocycles. The first kappa shape index (κ1) is 35.0. The second-order valence-corrected chi connectivity index (χ2v) is 13.1. The third kappa shape index (κ3) is 9.13. The van der Waals surface area contributed by atoms with E-state index in [4.69, 9.17) is 9.47 Å². The number of carbonyl (C=O) groups is 2. The first-order chi connectivity index (χ1) is 22.7. The lowest BCUT2D eigenvalue weighted by Gasteiger charge is -2.34. The molecule has 0 fully saturated rings. The molecule has 47 heavy (non-hydrogen) atoms. The van der Waals surface area contributed by atoms with Crippen LogP contribution in [0, 0.1) is 6.92 Å². The number of unbranched alkanes of at least 4 members (excludes halogenated alkanes) is 1. The number of ether oxygens (including phenoxy) is 2. The first-order valence-corrected chi connectivity index (χ1v) is 17.1. The lowest BCUT2D eigenvalue weighted by Crippen LogP contribution is -2.53. The summed E-state index contributed by atoms with van der Waals surface area (Å²) in [5.41, 5.74) is 2.86. The molecule has 0 saturated heterocycles. The van der Waals surface area contributed by atoms with Crippen molar-refractivity contribution in [1.82, 2.24) is 10.2 Å². The quantitative estimate of drug-likeness (QED) is 0.154. The van der Waals surface area contributed by atoms with E-state index in [1.807, 2.05) is 68.4 Å². The van der Waals surface area contributed by atoms with Gasteiger partial charge in [-0.05, 0) is 48.7 Å². The maximum absolute atomic E-state index is 14.7. The summed E-state index contributed by atoms with van der Waals surface area (Å²) in [4.78, 5) is 30.0. The smallest absolute Gasteiger partial charge is 0.264 e. The summed E-state index contributed by atoms with van der Waals surface area (Å²) < 4.78 is 40.6. The second-order valence-electron chi connectivity index (χ2n) is 11.2. The van der Waals surface area contributed by atoms with Crippen molar-refractivity contribution in [2.24, 2.45) is 0 Å². The molecule has 10 heteroatoms. The Hall–Kier alpha value is -4.83. The number of hydrogen-bond acceptors (Lipinski definition) is 6. The molecule has 2 amide bonds. The Morgan fingerprint density at radius 3 is 2.11 bits per heavy atom. The fraction of sp³-hybridized carbons (Fsp3) is 0.297. The Morgan fingerprint density at radius 2 is 1.49 bits per heavy atom. The van der Waals surface area contributed by atoms with Crippen molar-refractivity contribution in [2.45, 2.75) is 50.6 Å². The minimum atomic E-state index is -4.29. The number of nitrogens with one attached hydrogen (secondary N) is 1. The molecule has 0 aliphatic heterocycles. The zero-order valence-corrected chi connectivity index (χ0v) is 28.2. The Morgan fingerprint density at radius 1 is 0.830 bits per heavy atom. The van der Waals surface area contributed by atoms with E-state index in [1.165, 1.54) is 37.3 Å². The van der Waals surface area contributed by atoms with Gasteiger partial charge >= 0.3 is 0 Å². The van der Waals surface area contributed by atoms with Crippen LogP contribution in [-0.2, 0) is 32.6 Å². The van der Waals surface area contributed by atoms with E-state index in [-0.39, 0.29) is 35.2 Å². The zero-order valence-electron chi connectivity index (χ0n) is 27.4. The molecule has 4 rings (SSSR count). The van der Waals surface area contributed by atoms with Crippen molar-refractivity contribution in [1.29, 1.82) is 0 Å². The largest absolute Gasteiger partial charge is 0.497 e. The topological polar surface area (TPSA) is 105 Å². The summed E-state index contributed by atoms with van der Waals surface area (Å²) in [5.74, 6) is -0.239. The summed E-state index contributed by atoms with van der Waals surface area (Å²) in [5, 5.41) is 3.01. The molecule has 0 heterocycles. The van der Waals surface area contributed by atoms with Crippen LogP contribution < -0.4 is 19.1 Å². The lowest BCUT2D eigenvalue weighted by molar-refractivity contribution is -0.140. The summed E-state index contributed by atoms with van der Waals surface area (Å²) in [6.45, 7) is 3.96. The van der Waals surface area contributed by atoms with Crippen LogP contribution in [0.3, 0.4) is 0 Å². The van der Waals surface area contributed by atoms with Gasteiger partial charge in [-0.15, -0.1) is 0 Å². The fourth-order valence-electron chi connectivity index (χ4n) is 5.18. The van der Waals surface area contributed by atoms with Gasteiger partial charge in [0.15, 0.2) is 0 Å². The first-order valence-electron chi connectivity index (χ1n) is 15.6. The van der Waals surface area contributed by atoms with Crippen LogP contribution >= 0.6 is 0 Å². The predicted octanol–water partition coefficient (Wildman–Crippen LogP) is 5.76.